The highest BCUT2D eigenvalue weighted by Gasteiger charge is 2.25. The summed E-state index contributed by atoms with van der Waals surface area (Å²) in [6.07, 6.45) is 4.65. The average Bonchev–Trinajstić information content (AvgIpc) is 3.14. The van der Waals surface area contributed by atoms with E-state index >= 15 is 0 Å². The van der Waals surface area contributed by atoms with Gasteiger partial charge >= 0.3 is 5.97 Å². The van der Waals surface area contributed by atoms with Gasteiger partial charge in [0, 0.05) is 25.9 Å². The van der Waals surface area contributed by atoms with E-state index in [1.54, 1.807) is 40.7 Å². The van der Waals surface area contributed by atoms with Gasteiger partial charge in [0.1, 0.15) is 11.8 Å². The number of ether oxygens (including phenoxy) is 1. The quantitative estimate of drug-likeness (QED) is 0.525. The molecule has 8 nitrogen and oxygen atoms in total. The van der Waals surface area contributed by atoms with Crippen LogP contribution in [0.3, 0.4) is 0 Å². The number of rotatable bonds is 9. The molecule has 0 aromatic heterocycles. The van der Waals surface area contributed by atoms with Crippen molar-refractivity contribution in [3.05, 3.63) is 59.7 Å². The number of carbonyl (C=O) groups excluding carboxylic acids is 2. The number of benzene rings is 2. The topological polar surface area (TPSA) is 113 Å². The van der Waals surface area contributed by atoms with Gasteiger partial charge in [-0.2, -0.15) is 4.31 Å². The van der Waals surface area contributed by atoms with Gasteiger partial charge in [-0.25, -0.2) is 13.2 Å². The summed E-state index contributed by atoms with van der Waals surface area (Å²) in [7, 11) is -2.24. The molecule has 0 bridgehead atoms. The Kier molecular flexibility index (Phi) is 9.06. The number of carbonyl (C=O) groups is 2. The smallest absolute Gasteiger partial charge is 0.328 e. The lowest BCUT2D eigenvalue weighted by Crippen LogP contribution is -2.43. The summed E-state index contributed by atoms with van der Waals surface area (Å²) in [5.41, 5.74) is 1.60. The van der Waals surface area contributed by atoms with Crippen LogP contribution in [0.4, 0.5) is 0 Å². The lowest BCUT2D eigenvalue weighted by Gasteiger charge is -2.20. The summed E-state index contributed by atoms with van der Waals surface area (Å²) in [6.45, 7) is 1.10. The molecule has 1 heterocycles. The molecule has 1 saturated heterocycles. The third kappa shape index (κ3) is 7.04. The molecule has 3 rings (SSSR count). The van der Waals surface area contributed by atoms with Crippen LogP contribution in [0.5, 0.6) is 5.75 Å². The normalized spacial score (nSPS) is 15.8. The monoisotopic (exact) mass is 488 g/mol. The van der Waals surface area contributed by atoms with Crippen LogP contribution in [-0.2, 0) is 37.2 Å². The van der Waals surface area contributed by atoms with Crippen molar-refractivity contribution in [3.63, 3.8) is 0 Å². The number of aromatic hydroxyl groups is 1. The van der Waals surface area contributed by atoms with Gasteiger partial charge in [-0.15, -0.1) is 0 Å². The summed E-state index contributed by atoms with van der Waals surface area (Å²) in [6, 6.07) is 12.2. The van der Waals surface area contributed by atoms with Crippen LogP contribution in [0.15, 0.2) is 53.4 Å². The standard InChI is InChI=1S/C25H32N2O6S/c1-33-25(30)23(18-20-6-11-21(28)12-7-20)26-24(29)15-10-19-8-13-22(14-9-19)34(31,32)27-16-4-2-3-5-17-27/h6-9,11-14,23,28H,2-5,10,15-18H2,1H3,(H,26,29)/t23-/m0/s1. The Bertz CT molecular complexity index is 1060. The Balaban J connectivity index is 1.56. The van der Waals surface area contributed by atoms with E-state index in [1.165, 1.54) is 19.2 Å². The molecule has 0 aliphatic carbocycles. The highest BCUT2D eigenvalue weighted by Crippen LogP contribution is 2.21. The summed E-state index contributed by atoms with van der Waals surface area (Å²) in [5, 5.41) is 12.1. The number of aryl methyl sites for hydroxylation is 1. The Hall–Kier alpha value is -2.91. The second-order valence-corrected chi connectivity index (χ2v) is 10.4. The van der Waals surface area contributed by atoms with Gasteiger partial charge in [-0.3, -0.25) is 4.79 Å². The number of nitrogens with zero attached hydrogens (tertiary/aromatic N) is 1. The molecule has 1 fully saturated rings. The van der Waals surface area contributed by atoms with Crippen molar-refractivity contribution in [2.24, 2.45) is 0 Å². The van der Waals surface area contributed by atoms with E-state index in [4.69, 9.17) is 4.74 Å². The molecule has 1 amide bonds. The Morgan fingerprint density at radius 1 is 0.971 bits per heavy atom. The lowest BCUT2D eigenvalue weighted by atomic mass is 10.0. The van der Waals surface area contributed by atoms with Gasteiger partial charge in [0.2, 0.25) is 15.9 Å². The van der Waals surface area contributed by atoms with E-state index in [-0.39, 0.29) is 29.4 Å². The fraction of sp³-hybridized carbons (Fsp3) is 0.440. The highest BCUT2D eigenvalue weighted by atomic mass is 32.2. The highest BCUT2D eigenvalue weighted by molar-refractivity contribution is 7.89. The maximum absolute atomic E-state index is 12.9. The summed E-state index contributed by atoms with van der Waals surface area (Å²) in [4.78, 5) is 24.9. The van der Waals surface area contributed by atoms with Crippen LogP contribution in [0.25, 0.3) is 0 Å². The van der Waals surface area contributed by atoms with Crippen molar-refractivity contribution in [1.29, 1.82) is 0 Å². The minimum Gasteiger partial charge on any atom is -0.508 e. The third-order valence-corrected chi connectivity index (χ3v) is 7.88. The second-order valence-electron chi connectivity index (χ2n) is 8.48. The molecule has 2 aromatic carbocycles. The largest absolute Gasteiger partial charge is 0.508 e. The summed E-state index contributed by atoms with van der Waals surface area (Å²) < 4.78 is 32.2. The molecule has 0 spiro atoms. The van der Waals surface area contributed by atoms with E-state index in [0.717, 1.165) is 36.8 Å². The van der Waals surface area contributed by atoms with E-state index in [0.29, 0.717) is 19.5 Å². The molecule has 0 radical (unpaired) electrons. The molecule has 0 saturated carbocycles. The molecule has 1 aliphatic heterocycles. The zero-order valence-corrected chi connectivity index (χ0v) is 20.2. The van der Waals surface area contributed by atoms with E-state index < -0.39 is 22.0 Å². The van der Waals surface area contributed by atoms with Gasteiger partial charge in [-0.1, -0.05) is 37.1 Å². The number of phenolic OH excluding ortho intramolecular Hbond substituents is 1. The number of hydrogen-bond donors (Lipinski definition) is 2. The van der Waals surface area contributed by atoms with Gasteiger partial charge in [0.25, 0.3) is 0 Å². The molecule has 2 N–H and O–H groups in total. The van der Waals surface area contributed by atoms with Crippen LogP contribution >= 0.6 is 0 Å². The predicted molar refractivity (Wildman–Crippen MR) is 128 cm³/mol. The second kappa shape index (κ2) is 12.0. The summed E-state index contributed by atoms with van der Waals surface area (Å²) >= 11 is 0. The van der Waals surface area contributed by atoms with Crippen molar-refractivity contribution < 1.29 is 27.9 Å². The number of esters is 1. The predicted octanol–water partition coefficient (Wildman–Crippen LogP) is 2.79. The zero-order valence-electron chi connectivity index (χ0n) is 19.4. The molecule has 0 unspecified atom stereocenters. The molecule has 2 aromatic rings. The van der Waals surface area contributed by atoms with Crippen molar-refractivity contribution >= 4 is 21.9 Å². The van der Waals surface area contributed by atoms with Gasteiger partial charge in [0.05, 0.1) is 12.0 Å². The van der Waals surface area contributed by atoms with Crippen molar-refractivity contribution in [2.45, 2.75) is 55.9 Å². The molecule has 9 heteroatoms. The molecule has 184 valence electrons. The number of hydrogen-bond acceptors (Lipinski definition) is 6. The summed E-state index contributed by atoms with van der Waals surface area (Å²) in [5.74, 6) is -0.743. The van der Waals surface area contributed by atoms with Crippen molar-refractivity contribution in [1.82, 2.24) is 9.62 Å². The Morgan fingerprint density at radius 3 is 2.15 bits per heavy atom. The number of amides is 1. The minimum absolute atomic E-state index is 0.118. The minimum atomic E-state index is -3.51. The molecule has 34 heavy (non-hydrogen) atoms. The first-order valence-electron chi connectivity index (χ1n) is 11.5. The van der Waals surface area contributed by atoms with Gasteiger partial charge in [-0.05, 0) is 54.7 Å². The van der Waals surface area contributed by atoms with E-state index in [1.807, 2.05) is 0 Å². The van der Waals surface area contributed by atoms with E-state index in [2.05, 4.69) is 5.32 Å². The fourth-order valence-corrected chi connectivity index (χ4v) is 5.50. The number of phenols is 1. The van der Waals surface area contributed by atoms with Crippen molar-refractivity contribution in [3.8, 4) is 5.75 Å². The number of nitrogens with one attached hydrogen (secondary N) is 1. The van der Waals surface area contributed by atoms with Gasteiger partial charge < -0.3 is 15.2 Å². The van der Waals surface area contributed by atoms with Gasteiger partial charge in [0.15, 0.2) is 0 Å². The average molecular weight is 489 g/mol. The molecular weight excluding hydrogens is 456 g/mol. The molecule has 1 aliphatic rings. The molecular formula is C25H32N2O6S. The first-order valence-corrected chi connectivity index (χ1v) is 13.0. The number of sulfonamides is 1. The third-order valence-electron chi connectivity index (χ3n) is 5.96. The maximum Gasteiger partial charge on any atom is 0.328 e. The van der Waals surface area contributed by atoms with Crippen LogP contribution in [0.1, 0.15) is 43.2 Å². The van der Waals surface area contributed by atoms with Crippen molar-refractivity contribution in [2.75, 3.05) is 20.2 Å². The van der Waals surface area contributed by atoms with Crippen LogP contribution in [-0.4, -0.2) is 55.9 Å². The lowest BCUT2D eigenvalue weighted by molar-refractivity contribution is -0.145. The maximum atomic E-state index is 12.9. The first kappa shape index (κ1) is 25.7. The van der Waals surface area contributed by atoms with Crippen LogP contribution in [0.2, 0.25) is 0 Å². The zero-order chi connectivity index (χ0) is 24.6. The first-order chi connectivity index (χ1) is 16.3. The number of methoxy groups -OCH3 is 1. The fourth-order valence-electron chi connectivity index (χ4n) is 3.99. The Labute approximate surface area is 201 Å². The SMILES string of the molecule is COC(=O)[C@H](Cc1ccc(O)cc1)NC(=O)CCc1ccc(S(=O)(=O)N2CCCCCC2)cc1. The van der Waals surface area contributed by atoms with Crippen LogP contribution in [0, 0.1) is 0 Å². The Morgan fingerprint density at radius 2 is 1.56 bits per heavy atom. The van der Waals surface area contributed by atoms with E-state index in [9.17, 15) is 23.1 Å². The molecule has 1 atom stereocenters. The van der Waals surface area contributed by atoms with Crippen LogP contribution < -0.4 is 5.32 Å².